The molecule has 2 aromatic heterocycles. The lowest BCUT2D eigenvalue weighted by atomic mass is 9.97. The topological polar surface area (TPSA) is 104 Å². The summed E-state index contributed by atoms with van der Waals surface area (Å²) in [6.07, 6.45) is 1.57. The van der Waals surface area contributed by atoms with Crippen LogP contribution in [0, 0.1) is 20.8 Å². The molecule has 0 aliphatic rings. The van der Waals surface area contributed by atoms with Gasteiger partial charge >= 0.3 is 5.97 Å². The molecular formula is C19H17BrN4O3. The van der Waals surface area contributed by atoms with E-state index >= 15 is 0 Å². The molecule has 2 heterocycles. The normalized spacial score (nSPS) is 11.5. The van der Waals surface area contributed by atoms with Crippen molar-refractivity contribution in [3.05, 3.63) is 69.1 Å². The lowest BCUT2D eigenvalue weighted by Gasteiger charge is -2.08. The number of nitrogens with two attached hydrogens (primary N) is 1. The first-order valence-electron chi connectivity index (χ1n) is 8.08. The second-order valence-corrected chi connectivity index (χ2v) is 6.86. The Bertz CT molecular complexity index is 1010. The first-order chi connectivity index (χ1) is 12.9. The third-order valence-corrected chi connectivity index (χ3v) is 4.47. The molecule has 0 bridgehead atoms. The molecule has 27 heavy (non-hydrogen) atoms. The molecule has 0 amide bonds. The van der Waals surface area contributed by atoms with Crippen LogP contribution in [-0.2, 0) is 4.84 Å². The highest BCUT2D eigenvalue weighted by Crippen LogP contribution is 2.31. The fraction of sp³-hybridized carbons (Fsp3) is 0.158. The van der Waals surface area contributed by atoms with Gasteiger partial charge in [0.05, 0.1) is 0 Å². The first-order valence-corrected chi connectivity index (χ1v) is 8.87. The maximum Gasteiger partial charge on any atom is 0.371 e. The number of rotatable bonds is 4. The molecule has 0 fully saturated rings. The van der Waals surface area contributed by atoms with Crippen LogP contribution in [0.3, 0.4) is 0 Å². The van der Waals surface area contributed by atoms with Gasteiger partial charge in [-0.25, -0.2) is 4.79 Å². The van der Waals surface area contributed by atoms with E-state index in [4.69, 9.17) is 15.1 Å². The summed E-state index contributed by atoms with van der Waals surface area (Å²) < 4.78 is 6.04. The van der Waals surface area contributed by atoms with Gasteiger partial charge in [-0.3, -0.25) is 4.98 Å². The van der Waals surface area contributed by atoms with Crippen molar-refractivity contribution >= 4 is 27.7 Å². The number of carbonyl (C=O) groups excluding carboxylic acids is 1. The van der Waals surface area contributed by atoms with Crippen LogP contribution in [0.15, 0.2) is 50.7 Å². The van der Waals surface area contributed by atoms with Crippen molar-refractivity contribution in [3.63, 3.8) is 0 Å². The minimum Gasteiger partial charge on any atom is -0.379 e. The highest BCUT2D eigenvalue weighted by molar-refractivity contribution is 9.10. The van der Waals surface area contributed by atoms with Gasteiger partial charge < -0.3 is 15.1 Å². The number of amidine groups is 1. The Morgan fingerprint density at radius 2 is 1.89 bits per heavy atom. The Morgan fingerprint density at radius 3 is 2.52 bits per heavy atom. The summed E-state index contributed by atoms with van der Waals surface area (Å²) in [4.78, 5) is 21.7. The molecule has 0 aliphatic heterocycles. The molecule has 0 saturated carbocycles. The average Bonchev–Trinajstić information content (AvgIpc) is 3.01. The molecule has 0 saturated heterocycles. The summed E-state index contributed by atoms with van der Waals surface area (Å²) >= 11 is 3.29. The van der Waals surface area contributed by atoms with E-state index in [1.807, 2.05) is 32.0 Å². The standard InChI is InChI=1S/C19H17BrN4O3/c1-10-5-4-6-11(2)15(10)17-16(12(3)26-23-17)19(25)27-24-18(21)14-8-7-13(20)9-22-14/h4-9H,1-3H3,(H2,21,24). The Labute approximate surface area is 164 Å². The molecule has 7 nitrogen and oxygen atoms in total. The number of benzene rings is 1. The van der Waals surface area contributed by atoms with E-state index in [1.54, 1.807) is 25.3 Å². The van der Waals surface area contributed by atoms with Gasteiger partial charge in [0, 0.05) is 16.2 Å². The number of halogens is 1. The number of oxime groups is 1. The summed E-state index contributed by atoms with van der Waals surface area (Å²) in [6, 6.07) is 9.24. The average molecular weight is 429 g/mol. The lowest BCUT2D eigenvalue weighted by Crippen LogP contribution is -2.17. The number of carbonyl (C=O) groups is 1. The van der Waals surface area contributed by atoms with Crippen LogP contribution in [0.5, 0.6) is 0 Å². The van der Waals surface area contributed by atoms with Gasteiger partial charge in [0.15, 0.2) is 5.84 Å². The largest absolute Gasteiger partial charge is 0.379 e. The van der Waals surface area contributed by atoms with E-state index in [9.17, 15) is 4.79 Å². The third-order valence-electron chi connectivity index (χ3n) is 4.00. The maximum atomic E-state index is 12.6. The minimum atomic E-state index is -0.702. The van der Waals surface area contributed by atoms with Crippen molar-refractivity contribution in [2.45, 2.75) is 20.8 Å². The zero-order chi connectivity index (χ0) is 19.6. The van der Waals surface area contributed by atoms with Crippen molar-refractivity contribution in [2.24, 2.45) is 10.9 Å². The number of aromatic nitrogens is 2. The van der Waals surface area contributed by atoms with Crippen LogP contribution >= 0.6 is 15.9 Å². The zero-order valence-corrected chi connectivity index (χ0v) is 16.6. The molecule has 3 aromatic rings. The number of nitrogens with zero attached hydrogens (tertiary/aromatic N) is 3. The lowest BCUT2D eigenvalue weighted by molar-refractivity contribution is 0.0515. The monoisotopic (exact) mass is 428 g/mol. The van der Waals surface area contributed by atoms with Gasteiger partial charge in [-0.05, 0) is 60.0 Å². The Kier molecular flexibility index (Phi) is 5.36. The number of aryl methyl sites for hydroxylation is 3. The van der Waals surface area contributed by atoms with Crippen LogP contribution in [-0.4, -0.2) is 21.9 Å². The molecule has 0 unspecified atom stereocenters. The van der Waals surface area contributed by atoms with Crippen molar-refractivity contribution in [1.29, 1.82) is 0 Å². The van der Waals surface area contributed by atoms with Gasteiger partial charge in [0.1, 0.15) is 22.7 Å². The maximum absolute atomic E-state index is 12.6. The fourth-order valence-electron chi connectivity index (χ4n) is 2.68. The van der Waals surface area contributed by atoms with E-state index in [1.165, 1.54) is 0 Å². The summed E-state index contributed by atoms with van der Waals surface area (Å²) in [6.45, 7) is 5.53. The molecule has 0 spiro atoms. The highest BCUT2D eigenvalue weighted by atomic mass is 79.9. The van der Waals surface area contributed by atoms with Crippen LogP contribution in [0.2, 0.25) is 0 Å². The van der Waals surface area contributed by atoms with E-state index in [0.29, 0.717) is 17.1 Å². The van der Waals surface area contributed by atoms with Crippen LogP contribution in [0.25, 0.3) is 11.3 Å². The summed E-state index contributed by atoms with van der Waals surface area (Å²) in [5.41, 5.74) is 9.64. The third kappa shape index (κ3) is 3.90. The number of pyridine rings is 1. The minimum absolute atomic E-state index is 0.0152. The Hall–Kier alpha value is -3.00. The molecule has 3 rings (SSSR count). The van der Waals surface area contributed by atoms with Gasteiger partial charge in [0.2, 0.25) is 0 Å². The molecule has 0 aliphatic carbocycles. The predicted molar refractivity (Wildman–Crippen MR) is 104 cm³/mol. The molecule has 0 radical (unpaired) electrons. The van der Waals surface area contributed by atoms with Gasteiger partial charge in [-0.2, -0.15) is 0 Å². The Morgan fingerprint density at radius 1 is 1.19 bits per heavy atom. The molecule has 0 atom stereocenters. The SMILES string of the molecule is Cc1cccc(C)c1-c1noc(C)c1C(=O)O/N=C(\N)c1ccc(Br)cn1. The smallest absolute Gasteiger partial charge is 0.371 e. The predicted octanol–water partition coefficient (Wildman–Crippen LogP) is 3.90. The van der Waals surface area contributed by atoms with Crippen molar-refractivity contribution in [1.82, 2.24) is 10.1 Å². The molecule has 1 aromatic carbocycles. The quantitative estimate of drug-likeness (QED) is 0.292. The number of hydrogen-bond donors (Lipinski definition) is 1. The molecule has 2 N–H and O–H groups in total. The van der Waals surface area contributed by atoms with Crippen molar-refractivity contribution < 1.29 is 14.2 Å². The van der Waals surface area contributed by atoms with Crippen LogP contribution in [0.1, 0.15) is 32.9 Å². The molecule has 138 valence electrons. The van der Waals surface area contributed by atoms with E-state index in [0.717, 1.165) is 21.2 Å². The number of hydrogen-bond acceptors (Lipinski definition) is 6. The van der Waals surface area contributed by atoms with Crippen molar-refractivity contribution in [3.8, 4) is 11.3 Å². The van der Waals surface area contributed by atoms with E-state index < -0.39 is 5.97 Å². The summed E-state index contributed by atoms with van der Waals surface area (Å²) in [7, 11) is 0. The van der Waals surface area contributed by atoms with Gasteiger partial charge in [0.25, 0.3) is 0 Å². The first kappa shape index (κ1) is 18.8. The van der Waals surface area contributed by atoms with Crippen LogP contribution in [0.4, 0.5) is 0 Å². The zero-order valence-electron chi connectivity index (χ0n) is 15.0. The van der Waals surface area contributed by atoms with Gasteiger partial charge in [-0.1, -0.05) is 28.5 Å². The van der Waals surface area contributed by atoms with Crippen molar-refractivity contribution in [2.75, 3.05) is 0 Å². The molecule has 8 heteroatoms. The molecular weight excluding hydrogens is 412 g/mol. The fourth-order valence-corrected chi connectivity index (χ4v) is 2.92. The summed E-state index contributed by atoms with van der Waals surface area (Å²) in [5.74, 6) is -0.377. The summed E-state index contributed by atoms with van der Waals surface area (Å²) in [5, 5.41) is 7.75. The van der Waals surface area contributed by atoms with Crippen LogP contribution < -0.4 is 5.73 Å². The Balaban J connectivity index is 1.91. The van der Waals surface area contributed by atoms with E-state index in [-0.39, 0.29) is 11.4 Å². The second-order valence-electron chi connectivity index (χ2n) is 5.95. The van der Waals surface area contributed by atoms with Gasteiger partial charge in [-0.15, -0.1) is 0 Å². The highest BCUT2D eigenvalue weighted by Gasteiger charge is 2.25. The second kappa shape index (κ2) is 7.71. The van der Waals surface area contributed by atoms with E-state index in [2.05, 4.69) is 31.2 Å².